The van der Waals surface area contributed by atoms with E-state index in [1.165, 1.54) is 19.2 Å². The van der Waals surface area contributed by atoms with E-state index in [4.69, 9.17) is 19.9 Å². The number of hydrogen-bond donors (Lipinski definition) is 1. The molecular weight excluding hydrogens is 274 g/mol. The molecule has 0 aliphatic carbocycles. The number of hydrogen-bond acceptors (Lipinski definition) is 6. The molecule has 6 nitrogen and oxygen atoms in total. The summed E-state index contributed by atoms with van der Waals surface area (Å²) in [6.45, 7) is 3.84. The van der Waals surface area contributed by atoms with Gasteiger partial charge in [-0.3, -0.25) is 0 Å². The van der Waals surface area contributed by atoms with Crippen LogP contribution in [-0.2, 0) is 14.3 Å². The lowest BCUT2D eigenvalue weighted by Crippen LogP contribution is -2.29. The van der Waals surface area contributed by atoms with Crippen LogP contribution in [-0.4, -0.2) is 31.8 Å². The van der Waals surface area contributed by atoms with Crippen molar-refractivity contribution >= 4 is 17.6 Å². The molecule has 1 aromatic carbocycles. The fourth-order valence-corrected chi connectivity index (χ4v) is 1.78. The second-order valence-corrected chi connectivity index (χ2v) is 4.39. The molecule has 1 aromatic rings. The van der Waals surface area contributed by atoms with Gasteiger partial charge < -0.3 is 19.9 Å². The van der Waals surface area contributed by atoms with Crippen molar-refractivity contribution in [2.75, 3.05) is 19.5 Å². The zero-order valence-electron chi connectivity index (χ0n) is 12.5. The van der Waals surface area contributed by atoms with Gasteiger partial charge in [0, 0.05) is 0 Å². The lowest BCUT2D eigenvalue weighted by Gasteiger charge is -2.16. The Morgan fingerprint density at radius 3 is 2.52 bits per heavy atom. The van der Waals surface area contributed by atoms with Crippen LogP contribution in [0.5, 0.6) is 5.75 Å². The molecule has 0 aliphatic heterocycles. The number of carbonyl (C=O) groups is 2. The van der Waals surface area contributed by atoms with Gasteiger partial charge in [-0.25, -0.2) is 9.59 Å². The van der Waals surface area contributed by atoms with E-state index in [1.54, 1.807) is 13.0 Å². The van der Waals surface area contributed by atoms with Crippen LogP contribution in [0.15, 0.2) is 18.2 Å². The Hall–Kier alpha value is -2.24. The van der Waals surface area contributed by atoms with E-state index in [9.17, 15) is 9.59 Å². The molecule has 1 atom stereocenters. The summed E-state index contributed by atoms with van der Waals surface area (Å²) >= 11 is 0. The van der Waals surface area contributed by atoms with Crippen LogP contribution in [0.4, 0.5) is 5.69 Å². The van der Waals surface area contributed by atoms with E-state index in [0.717, 1.165) is 0 Å². The topological polar surface area (TPSA) is 87.9 Å². The van der Waals surface area contributed by atoms with Crippen molar-refractivity contribution in [2.24, 2.45) is 0 Å². The van der Waals surface area contributed by atoms with E-state index in [1.807, 2.05) is 6.92 Å². The smallest absolute Gasteiger partial charge is 0.347 e. The molecular formula is C15H21NO5. The van der Waals surface area contributed by atoms with Crippen LogP contribution < -0.4 is 10.5 Å². The molecule has 1 unspecified atom stereocenters. The van der Waals surface area contributed by atoms with Crippen LogP contribution in [0.1, 0.15) is 37.0 Å². The summed E-state index contributed by atoms with van der Waals surface area (Å²) in [7, 11) is 1.49. The molecule has 0 spiro atoms. The Kier molecular flexibility index (Phi) is 6.52. The van der Waals surface area contributed by atoms with Gasteiger partial charge in [-0.1, -0.05) is 13.3 Å². The van der Waals surface area contributed by atoms with E-state index in [0.29, 0.717) is 24.3 Å². The second-order valence-electron chi connectivity index (χ2n) is 4.39. The number of nitrogen functional groups attached to an aromatic ring is 1. The van der Waals surface area contributed by atoms with Crippen LogP contribution in [0.3, 0.4) is 0 Å². The predicted molar refractivity (Wildman–Crippen MR) is 78.2 cm³/mol. The highest BCUT2D eigenvalue weighted by atomic mass is 16.6. The van der Waals surface area contributed by atoms with E-state index in [2.05, 4.69) is 0 Å². The van der Waals surface area contributed by atoms with Gasteiger partial charge in [0.05, 0.1) is 25.0 Å². The third-order valence-electron chi connectivity index (χ3n) is 2.82. The number of benzene rings is 1. The summed E-state index contributed by atoms with van der Waals surface area (Å²) in [5, 5.41) is 0. The van der Waals surface area contributed by atoms with Gasteiger partial charge >= 0.3 is 11.9 Å². The fraction of sp³-hybridized carbons (Fsp3) is 0.467. The number of esters is 2. The first-order chi connectivity index (χ1) is 10.0. The van der Waals surface area contributed by atoms with Crippen molar-refractivity contribution in [3.63, 3.8) is 0 Å². The van der Waals surface area contributed by atoms with Crippen molar-refractivity contribution in [1.82, 2.24) is 0 Å². The lowest BCUT2D eigenvalue weighted by molar-refractivity contribution is -0.153. The minimum atomic E-state index is -0.897. The van der Waals surface area contributed by atoms with Crippen molar-refractivity contribution in [2.45, 2.75) is 32.8 Å². The number of ether oxygens (including phenoxy) is 3. The zero-order valence-corrected chi connectivity index (χ0v) is 12.5. The maximum absolute atomic E-state index is 12.1. The number of methoxy groups -OCH3 is 1. The monoisotopic (exact) mass is 295 g/mol. The lowest BCUT2D eigenvalue weighted by atomic mass is 10.1. The first-order valence-electron chi connectivity index (χ1n) is 6.84. The first kappa shape index (κ1) is 16.8. The summed E-state index contributed by atoms with van der Waals surface area (Å²) in [6.07, 6.45) is 0.211. The summed E-state index contributed by atoms with van der Waals surface area (Å²) in [6, 6.07) is 4.56. The summed E-state index contributed by atoms with van der Waals surface area (Å²) in [5.74, 6) is -0.674. The fourth-order valence-electron chi connectivity index (χ4n) is 1.78. The highest BCUT2D eigenvalue weighted by Gasteiger charge is 2.24. The minimum Gasteiger partial charge on any atom is -0.495 e. The predicted octanol–water partition coefficient (Wildman–Crippen LogP) is 2.17. The van der Waals surface area contributed by atoms with Crippen LogP contribution in [0.25, 0.3) is 0 Å². The highest BCUT2D eigenvalue weighted by molar-refractivity contribution is 5.92. The average Bonchev–Trinajstić information content (AvgIpc) is 2.46. The molecule has 0 saturated carbocycles. The van der Waals surface area contributed by atoms with Crippen LogP contribution in [0.2, 0.25) is 0 Å². The Morgan fingerprint density at radius 2 is 2.00 bits per heavy atom. The van der Waals surface area contributed by atoms with Crippen molar-refractivity contribution in [1.29, 1.82) is 0 Å². The van der Waals surface area contributed by atoms with Crippen molar-refractivity contribution in [3.05, 3.63) is 23.8 Å². The summed E-state index contributed by atoms with van der Waals surface area (Å²) < 4.78 is 15.1. The van der Waals surface area contributed by atoms with Gasteiger partial charge in [0.15, 0.2) is 6.10 Å². The number of carbonyl (C=O) groups excluding carboxylic acids is 2. The third kappa shape index (κ3) is 4.66. The maximum atomic E-state index is 12.1. The van der Waals surface area contributed by atoms with E-state index in [-0.39, 0.29) is 12.2 Å². The van der Waals surface area contributed by atoms with Crippen molar-refractivity contribution in [3.8, 4) is 5.75 Å². The normalized spacial score (nSPS) is 11.6. The average molecular weight is 295 g/mol. The molecule has 0 saturated heterocycles. The molecule has 0 amide bonds. The van der Waals surface area contributed by atoms with Gasteiger partial charge in [-0.2, -0.15) is 0 Å². The molecule has 6 heteroatoms. The summed E-state index contributed by atoms with van der Waals surface area (Å²) in [4.78, 5) is 23.8. The quantitative estimate of drug-likeness (QED) is 0.612. The van der Waals surface area contributed by atoms with Crippen LogP contribution >= 0.6 is 0 Å². The van der Waals surface area contributed by atoms with E-state index >= 15 is 0 Å². The van der Waals surface area contributed by atoms with Gasteiger partial charge in [0.2, 0.25) is 0 Å². The molecule has 0 radical (unpaired) electrons. The first-order valence-corrected chi connectivity index (χ1v) is 6.84. The Bertz CT molecular complexity index is 501. The number of anilines is 1. The third-order valence-corrected chi connectivity index (χ3v) is 2.82. The standard InChI is InChI=1S/C15H21NO5/c1-4-6-13(15(18)20-5-2)21-14(17)10-7-8-12(19-3)11(16)9-10/h7-9,13H,4-6,16H2,1-3H3. The zero-order chi connectivity index (χ0) is 15.8. The summed E-state index contributed by atoms with van der Waals surface area (Å²) in [5.41, 5.74) is 6.33. The molecule has 0 bridgehead atoms. The molecule has 116 valence electrons. The molecule has 0 fully saturated rings. The number of nitrogens with two attached hydrogens (primary N) is 1. The van der Waals surface area contributed by atoms with Gasteiger partial charge in [0.25, 0.3) is 0 Å². The molecule has 0 aliphatic rings. The van der Waals surface area contributed by atoms with Gasteiger partial charge in [-0.05, 0) is 31.5 Å². The van der Waals surface area contributed by atoms with Gasteiger partial charge in [-0.15, -0.1) is 0 Å². The molecule has 2 N–H and O–H groups in total. The van der Waals surface area contributed by atoms with Gasteiger partial charge in [0.1, 0.15) is 5.75 Å². The SMILES string of the molecule is CCCC(OC(=O)c1ccc(OC)c(N)c1)C(=O)OCC. The maximum Gasteiger partial charge on any atom is 0.347 e. The Labute approximate surface area is 124 Å². The van der Waals surface area contributed by atoms with Crippen LogP contribution in [0, 0.1) is 0 Å². The minimum absolute atomic E-state index is 0.242. The Balaban J connectivity index is 2.81. The molecule has 21 heavy (non-hydrogen) atoms. The van der Waals surface area contributed by atoms with Crippen molar-refractivity contribution < 1.29 is 23.8 Å². The number of rotatable bonds is 7. The molecule has 0 aromatic heterocycles. The molecule has 1 rings (SSSR count). The molecule has 0 heterocycles. The largest absolute Gasteiger partial charge is 0.495 e. The van der Waals surface area contributed by atoms with E-state index < -0.39 is 18.0 Å². The Morgan fingerprint density at radius 1 is 1.29 bits per heavy atom. The second kappa shape index (κ2) is 8.14. The highest BCUT2D eigenvalue weighted by Crippen LogP contribution is 2.22.